The summed E-state index contributed by atoms with van der Waals surface area (Å²) in [7, 11) is 4.55. The van der Waals surface area contributed by atoms with Crippen LogP contribution in [0.15, 0.2) is 66.9 Å². The molecule has 1 N–H and O–H groups in total. The predicted octanol–water partition coefficient (Wildman–Crippen LogP) is 5.67. The van der Waals surface area contributed by atoms with E-state index in [9.17, 15) is 9.59 Å². The normalized spacial score (nSPS) is 13.0. The number of aromatic nitrogens is 1. The summed E-state index contributed by atoms with van der Waals surface area (Å²) in [5, 5.41) is 3.17. The second-order valence-corrected chi connectivity index (χ2v) is 8.47. The van der Waals surface area contributed by atoms with E-state index in [-0.39, 0.29) is 18.0 Å². The number of carbonyl (C=O) groups excluding carboxylic acids is 2. The molecule has 200 valence electrons. The van der Waals surface area contributed by atoms with E-state index in [2.05, 4.69) is 10.3 Å². The van der Waals surface area contributed by atoms with Crippen LogP contribution in [-0.2, 0) is 0 Å². The van der Waals surface area contributed by atoms with Crippen molar-refractivity contribution in [1.29, 1.82) is 0 Å². The molecule has 3 aromatic carbocycles. The lowest BCUT2D eigenvalue weighted by Crippen LogP contribution is -2.39. The number of methoxy groups -OCH3 is 3. The highest BCUT2D eigenvalue weighted by atomic mass is 19.1. The summed E-state index contributed by atoms with van der Waals surface area (Å²) in [6, 6.07) is 14.9. The van der Waals surface area contributed by atoms with Crippen LogP contribution in [0, 0.1) is 5.82 Å². The van der Waals surface area contributed by atoms with Crippen LogP contribution in [0.4, 0.5) is 25.4 Å². The summed E-state index contributed by atoms with van der Waals surface area (Å²) in [4.78, 5) is 32.6. The summed E-state index contributed by atoms with van der Waals surface area (Å²) in [5.41, 5.74) is 1.30. The fourth-order valence-corrected chi connectivity index (χ4v) is 4.31. The van der Waals surface area contributed by atoms with Gasteiger partial charge in [-0.1, -0.05) is 12.1 Å². The zero-order valence-electron chi connectivity index (χ0n) is 21.4. The van der Waals surface area contributed by atoms with Crippen molar-refractivity contribution in [2.24, 2.45) is 0 Å². The van der Waals surface area contributed by atoms with Crippen LogP contribution in [0.25, 0.3) is 10.9 Å². The van der Waals surface area contributed by atoms with E-state index < -0.39 is 17.9 Å². The van der Waals surface area contributed by atoms with E-state index in [4.69, 9.17) is 18.9 Å². The minimum atomic E-state index is -0.707. The van der Waals surface area contributed by atoms with Gasteiger partial charge in [0.1, 0.15) is 11.5 Å². The molecule has 0 saturated carbocycles. The maximum absolute atomic E-state index is 15.0. The molecule has 0 spiro atoms. The molecule has 11 heteroatoms. The molecule has 1 fully saturated rings. The van der Waals surface area contributed by atoms with Gasteiger partial charge in [0, 0.05) is 35.9 Å². The smallest absolute Gasteiger partial charge is 0.332 e. The molecule has 1 saturated heterocycles. The number of hydrogen-bond donors (Lipinski definition) is 1. The van der Waals surface area contributed by atoms with Gasteiger partial charge in [0.05, 0.1) is 39.1 Å². The number of rotatable bonds is 7. The minimum absolute atomic E-state index is 0.0603. The van der Waals surface area contributed by atoms with Gasteiger partial charge in [0.15, 0.2) is 23.1 Å². The highest BCUT2D eigenvalue weighted by molar-refractivity contribution is 6.08. The first-order valence-corrected chi connectivity index (χ1v) is 11.9. The van der Waals surface area contributed by atoms with Crippen molar-refractivity contribution in [3.63, 3.8) is 0 Å². The van der Waals surface area contributed by atoms with E-state index in [0.29, 0.717) is 46.1 Å². The molecular formula is C28H25FN4O6. The first kappa shape index (κ1) is 25.6. The first-order valence-electron chi connectivity index (χ1n) is 11.9. The summed E-state index contributed by atoms with van der Waals surface area (Å²) in [5.74, 6) is 1.09. The third-order valence-corrected chi connectivity index (χ3v) is 6.24. The number of fused-ring (bicyclic) bond motifs is 1. The molecule has 1 aliphatic rings. The number of pyridine rings is 1. The first-order chi connectivity index (χ1) is 18.9. The maximum atomic E-state index is 15.0. The Labute approximate surface area is 223 Å². The van der Waals surface area contributed by atoms with Crippen molar-refractivity contribution in [2.45, 2.75) is 0 Å². The average Bonchev–Trinajstić information content (AvgIpc) is 3.34. The lowest BCUT2D eigenvalue weighted by Gasteiger charge is -2.20. The zero-order valence-corrected chi connectivity index (χ0v) is 21.4. The minimum Gasteiger partial charge on any atom is -0.495 e. The van der Waals surface area contributed by atoms with Gasteiger partial charge in [0.25, 0.3) is 0 Å². The zero-order chi connectivity index (χ0) is 27.5. The van der Waals surface area contributed by atoms with E-state index in [1.54, 1.807) is 42.5 Å². The Morgan fingerprint density at radius 1 is 0.872 bits per heavy atom. The van der Waals surface area contributed by atoms with Gasteiger partial charge in [-0.3, -0.25) is 9.88 Å². The molecule has 39 heavy (non-hydrogen) atoms. The fourth-order valence-electron chi connectivity index (χ4n) is 4.31. The number of anilines is 2. The molecule has 0 aliphatic carbocycles. The van der Waals surface area contributed by atoms with Gasteiger partial charge < -0.3 is 24.3 Å². The third-order valence-electron chi connectivity index (χ3n) is 6.24. The third kappa shape index (κ3) is 4.93. The molecule has 1 aromatic heterocycles. The molecule has 5 rings (SSSR count). The van der Waals surface area contributed by atoms with Crippen LogP contribution in [0.3, 0.4) is 0 Å². The van der Waals surface area contributed by atoms with Crippen LogP contribution in [0.1, 0.15) is 0 Å². The second kappa shape index (κ2) is 10.7. The van der Waals surface area contributed by atoms with Gasteiger partial charge in [-0.25, -0.2) is 18.9 Å². The SMILES string of the molecule is COc1cc2nccc(Oc3ccc(NC(=O)N4CCN(c5ccccc5OC)C4=O)cc3F)c2cc1OC. The molecule has 0 bridgehead atoms. The number of halogens is 1. The molecule has 1 aliphatic heterocycles. The van der Waals surface area contributed by atoms with Gasteiger partial charge >= 0.3 is 12.1 Å². The van der Waals surface area contributed by atoms with Crippen LogP contribution < -0.4 is 29.2 Å². The van der Waals surface area contributed by atoms with Crippen molar-refractivity contribution in [2.75, 3.05) is 44.6 Å². The topological polar surface area (TPSA) is 102 Å². The van der Waals surface area contributed by atoms with Gasteiger partial charge in [-0.2, -0.15) is 0 Å². The fraction of sp³-hybridized carbons (Fsp3) is 0.179. The summed E-state index contributed by atoms with van der Waals surface area (Å²) >= 11 is 0. The average molecular weight is 533 g/mol. The molecule has 0 atom stereocenters. The van der Waals surface area contributed by atoms with Crippen molar-refractivity contribution < 1.29 is 32.9 Å². The molecule has 0 radical (unpaired) electrons. The number of benzene rings is 3. The number of ether oxygens (including phenoxy) is 4. The Morgan fingerprint density at radius 3 is 2.36 bits per heavy atom. The largest absolute Gasteiger partial charge is 0.495 e. The highest BCUT2D eigenvalue weighted by Gasteiger charge is 2.35. The number of imide groups is 1. The molecule has 10 nitrogen and oxygen atoms in total. The standard InChI is InChI=1S/C28H25FN4O6/c1-36-24-7-5-4-6-21(24)32-12-13-33(28(32)35)27(34)31-17-8-9-23(19(29)14-17)39-22-10-11-30-20-16-26(38-3)25(37-2)15-18(20)22/h4-11,14-16H,12-13H2,1-3H3,(H,31,34). The molecule has 0 unspecified atom stereocenters. The highest BCUT2D eigenvalue weighted by Crippen LogP contribution is 2.37. The van der Waals surface area contributed by atoms with Crippen molar-refractivity contribution >= 4 is 34.3 Å². The predicted molar refractivity (Wildman–Crippen MR) is 143 cm³/mol. The van der Waals surface area contributed by atoms with E-state index in [0.717, 1.165) is 11.0 Å². The number of urea groups is 2. The number of hydrogen-bond acceptors (Lipinski definition) is 7. The Balaban J connectivity index is 1.31. The van der Waals surface area contributed by atoms with Crippen LogP contribution in [-0.4, -0.2) is 56.4 Å². The van der Waals surface area contributed by atoms with Crippen molar-refractivity contribution in [3.8, 4) is 28.7 Å². The molecule has 4 amide bonds. The quantitative estimate of drug-likeness (QED) is 0.327. The van der Waals surface area contributed by atoms with E-state index >= 15 is 4.39 Å². The Kier molecular flexibility index (Phi) is 7.04. The number of para-hydroxylation sites is 2. The lowest BCUT2D eigenvalue weighted by atomic mass is 10.2. The van der Waals surface area contributed by atoms with Crippen molar-refractivity contribution in [1.82, 2.24) is 9.88 Å². The monoisotopic (exact) mass is 532 g/mol. The van der Waals surface area contributed by atoms with Gasteiger partial charge in [-0.05, 0) is 36.4 Å². The van der Waals surface area contributed by atoms with Crippen LogP contribution >= 0.6 is 0 Å². The Morgan fingerprint density at radius 2 is 1.62 bits per heavy atom. The second-order valence-electron chi connectivity index (χ2n) is 8.47. The summed E-state index contributed by atoms with van der Waals surface area (Å²) in [6.07, 6.45) is 1.54. The van der Waals surface area contributed by atoms with Gasteiger partial charge in [0.2, 0.25) is 0 Å². The van der Waals surface area contributed by atoms with Crippen LogP contribution in [0.5, 0.6) is 28.7 Å². The van der Waals surface area contributed by atoms with E-state index in [1.165, 1.54) is 44.6 Å². The summed E-state index contributed by atoms with van der Waals surface area (Å²) in [6.45, 7) is 0.458. The van der Waals surface area contributed by atoms with E-state index in [1.807, 2.05) is 0 Å². The summed E-state index contributed by atoms with van der Waals surface area (Å²) < 4.78 is 36.9. The number of nitrogens with zero attached hydrogens (tertiary/aromatic N) is 3. The maximum Gasteiger partial charge on any atom is 0.332 e. The molecule has 4 aromatic rings. The molecular weight excluding hydrogens is 507 g/mol. The lowest BCUT2D eigenvalue weighted by molar-refractivity contribution is 0.209. The van der Waals surface area contributed by atoms with Crippen LogP contribution in [0.2, 0.25) is 0 Å². The Hall–Kier alpha value is -5.06. The number of carbonyl (C=O) groups is 2. The number of nitrogens with one attached hydrogen (secondary N) is 1. The molecule has 2 heterocycles. The Bertz CT molecular complexity index is 1560. The van der Waals surface area contributed by atoms with Gasteiger partial charge in [-0.15, -0.1) is 0 Å². The van der Waals surface area contributed by atoms with Crippen molar-refractivity contribution in [3.05, 3.63) is 72.7 Å². The number of amides is 4.